The molecule has 5 rings (SSSR count). The fourth-order valence-electron chi connectivity index (χ4n) is 4.24. The Balaban J connectivity index is 1.63. The minimum absolute atomic E-state index is 0.0906. The van der Waals surface area contributed by atoms with E-state index in [1.807, 2.05) is 13.8 Å². The van der Waals surface area contributed by atoms with Gasteiger partial charge in [-0.3, -0.25) is 4.79 Å². The highest BCUT2D eigenvalue weighted by Gasteiger charge is 2.34. The first-order valence-electron chi connectivity index (χ1n) is 10.3. The zero-order chi connectivity index (χ0) is 22.4. The second-order valence-electron chi connectivity index (χ2n) is 8.07. The molecule has 0 saturated carbocycles. The highest BCUT2D eigenvalue weighted by Crippen LogP contribution is 2.41. The maximum absolute atomic E-state index is 13.3. The van der Waals surface area contributed by atoms with Gasteiger partial charge in [-0.2, -0.15) is 14.9 Å². The van der Waals surface area contributed by atoms with Gasteiger partial charge < -0.3 is 5.32 Å². The van der Waals surface area contributed by atoms with Crippen molar-refractivity contribution in [3.63, 3.8) is 0 Å². The summed E-state index contributed by atoms with van der Waals surface area (Å²) in [7, 11) is 0. The van der Waals surface area contributed by atoms with Crippen molar-refractivity contribution in [2.45, 2.75) is 33.1 Å². The van der Waals surface area contributed by atoms with Crippen molar-refractivity contribution in [2.24, 2.45) is 0 Å². The standard InChI is InChI=1S/C24H21FN6O/c1-13-4-5-14(2)18(10-13)19-11-21(32)28-23-22(19)15(3)30-31(23)24-27-20(12-26-29-24)16-6-8-17(25)9-7-16/h4-10,12,19H,11H2,1-3H3,(H,28,32)/t19-/m0/s1. The van der Waals surface area contributed by atoms with Crippen LogP contribution in [0.3, 0.4) is 0 Å². The first-order valence-corrected chi connectivity index (χ1v) is 10.3. The van der Waals surface area contributed by atoms with Gasteiger partial charge in [0, 0.05) is 23.5 Å². The van der Waals surface area contributed by atoms with Crippen LogP contribution < -0.4 is 5.32 Å². The lowest BCUT2D eigenvalue weighted by Gasteiger charge is -2.25. The van der Waals surface area contributed by atoms with Crippen LogP contribution in [0.5, 0.6) is 0 Å². The average molecular weight is 428 g/mol. The number of fused-ring (bicyclic) bond motifs is 1. The first-order chi connectivity index (χ1) is 15.4. The van der Waals surface area contributed by atoms with E-state index >= 15 is 0 Å². The third-order valence-corrected chi connectivity index (χ3v) is 5.79. The molecule has 32 heavy (non-hydrogen) atoms. The van der Waals surface area contributed by atoms with E-state index in [-0.39, 0.29) is 23.6 Å². The van der Waals surface area contributed by atoms with E-state index in [0.717, 1.165) is 27.9 Å². The molecule has 0 fully saturated rings. The highest BCUT2D eigenvalue weighted by atomic mass is 19.1. The number of nitrogens with one attached hydrogen (secondary N) is 1. The van der Waals surface area contributed by atoms with Crippen molar-refractivity contribution < 1.29 is 9.18 Å². The van der Waals surface area contributed by atoms with E-state index in [9.17, 15) is 9.18 Å². The molecule has 1 atom stereocenters. The number of aryl methyl sites for hydroxylation is 3. The third kappa shape index (κ3) is 3.43. The zero-order valence-electron chi connectivity index (χ0n) is 17.9. The van der Waals surface area contributed by atoms with Crippen molar-refractivity contribution in [2.75, 3.05) is 5.32 Å². The van der Waals surface area contributed by atoms with Crippen molar-refractivity contribution >= 4 is 11.7 Å². The maximum Gasteiger partial charge on any atom is 0.272 e. The van der Waals surface area contributed by atoms with Gasteiger partial charge in [-0.25, -0.2) is 9.37 Å². The van der Waals surface area contributed by atoms with Gasteiger partial charge in [0.2, 0.25) is 5.91 Å². The molecule has 0 spiro atoms. The molecule has 0 unspecified atom stereocenters. The van der Waals surface area contributed by atoms with Gasteiger partial charge in [0.25, 0.3) is 5.95 Å². The quantitative estimate of drug-likeness (QED) is 0.527. The van der Waals surface area contributed by atoms with E-state index in [1.54, 1.807) is 12.1 Å². The first kappa shape index (κ1) is 20.0. The van der Waals surface area contributed by atoms with Crippen LogP contribution in [0.25, 0.3) is 17.2 Å². The number of halogens is 1. The number of amides is 1. The Labute approximate surface area is 184 Å². The number of hydrogen-bond donors (Lipinski definition) is 1. The summed E-state index contributed by atoms with van der Waals surface area (Å²) >= 11 is 0. The van der Waals surface area contributed by atoms with Crippen LogP contribution >= 0.6 is 0 Å². The minimum atomic E-state index is -0.326. The molecule has 4 aromatic rings. The summed E-state index contributed by atoms with van der Waals surface area (Å²) in [5.41, 5.74) is 6.37. The summed E-state index contributed by atoms with van der Waals surface area (Å²) in [5.74, 6) is 0.265. The Hall–Kier alpha value is -3.94. The van der Waals surface area contributed by atoms with Gasteiger partial charge in [0.15, 0.2) is 0 Å². The van der Waals surface area contributed by atoms with E-state index in [1.165, 1.54) is 23.0 Å². The molecule has 2 aromatic carbocycles. The molecular formula is C24H21FN6O. The van der Waals surface area contributed by atoms with Crippen molar-refractivity contribution in [3.05, 3.63) is 82.4 Å². The van der Waals surface area contributed by atoms with Gasteiger partial charge in [-0.15, -0.1) is 5.10 Å². The third-order valence-electron chi connectivity index (χ3n) is 5.79. The lowest BCUT2D eigenvalue weighted by atomic mass is 9.83. The van der Waals surface area contributed by atoms with Gasteiger partial charge >= 0.3 is 0 Å². The van der Waals surface area contributed by atoms with Crippen LogP contribution in [-0.2, 0) is 4.79 Å². The number of nitrogens with zero attached hydrogens (tertiary/aromatic N) is 5. The molecular weight excluding hydrogens is 407 g/mol. The lowest BCUT2D eigenvalue weighted by Crippen LogP contribution is -2.25. The fourth-order valence-corrected chi connectivity index (χ4v) is 4.24. The second-order valence-corrected chi connectivity index (χ2v) is 8.07. The summed E-state index contributed by atoms with van der Waals surface area (Å²) < 4.78 is 14.8. The number of rotatable bonds is 3. The van der Waals surface area contributed by atoms with Crippen LogP contribution in [0.1, 0.15) is 40.3 Å². The molecule has 8 heteroatoms. The van der Waals surface area contributed by atoms with Gasteiger partial charge in [0.05, 0.1) is 17.6 Å². The molecule has 0 bridgehead atoms. The number of carbonyl (C=O) groups excluding carboxylic acids is 1. The monoisotopic (exact) mass is 428 g/mol. The van der Waals surface area contributed by atoms with Crippen LogP contribution in [0, 0.1) is 26.6 Å². The summed E-state index contributed by atoms with van der Waals surface area (Å²) in [6.45, 7) is 6.02. The molecule has 0 radical (unpaired) electrons. The van der Waals surface area contributed by atoms with Crippen molar-refractivity contribution in [3.8, 4) is 17.2 Å². The summed E-state index contributed by atoms with van der Waals surface area (Å²) in [5, 5.41) is 15.8. The molecule has 1 N–H and O–H groups in total. The number of carbonyl (C=O) groups is 1. The molecule has 0 saturated heterocycles. The van der Waals surface area contributed by atoms with E-state index in [0.29, 0.717) is 23.5 Å². The van der Waals surface area contributed by atoms with Gasteiger partial charge in [-0.1, -0.05) is 23.8 Å². The van der Waals surface area contributed by atoms with Gasteiger partial charge in [-0.05, 0) is 56.2 Å². The lowest BCUT2D eigenvalue weighted by molar-refractivity contribution is -0.116. The molecule has 1 aliphatic heterocycles. The van der Waals surface area contributed by atoms with E-state index < -0.39 is 0 Å². The molecule has 2 aromatic heterocycles. The Morgan fingerprint density at radius 3 is 2.66 bits per heavy atom. The van der Waals surface area contributed by atoms with Crippen LogP contribution in [0.15, 0.2) is 48.7 Å². The average Bonchev–Trinajstić information content (AvgIpc) is 3.11. The van der Waals surface area contributed by atoms with E-state index in [4.69, 9.17) is 0 Å². The normalized spacial score (nSPS) is 15.4. The van der Waals surface area contributed by atoms with Gasteiger partial charge in [0.1, 0.15) is 11.6 Å². The zero-order valence-corrected chi connectivity index (χ0v) is 17.9. The molecule has 1 aliphatic rings. The Kier molecular flexibility index (Phi) is 4.77. The molecule has 160 valence electrons. The number of aromatic nitrogens is 5. The predicted octanol–water partition coefficient (Wildman–Crippen LogP) is 4.26. The number of hydrogen-bond acceptors (Lipinski definition) is 5. The van der Waals surface area contributed by atoms with Crippen molar-refractivity contribution in [1.82, 2.24) is 25.0 Å². The summed E-state index contributed by atoms with van der Waals surface area (Å²) in [4.78, 5) is 17.2. The Morgan fingerprint density at radius 2 is 1.88 bits per heavy atom. The molecule has 3 heterocycles. The summed E-state index contributed by atoms with van der Waals surface area (Å²) in [6.07, 6.45) is 1.86. The van der Waals surface area contributed by atoms with Crippen LogP contribution in [-0.4, -0.2) is 30.9 Å². The summed E-state index contributed by atoms with van der Waals surface area (Å²) in [6, 6.07) is 12.3. The molecule has 1 amide bonds. The molecule has 7 nitrogen and oxygen atoms in total. The Morgan fingerprint density at radius 1 is 1.09 bits per heavy atom. The fraction of sp³-hybridized carbons (Fsp3) is 0.208. The number of benzene rings is 2. The van der Waals surface area contributed by atoms with Crippen molar-refractivity contribution in [1.29, 1.82) is 0 Å². The van der Waals surface area contributed by atoms with Crippen LogP contribution in [0.2, 0.25) is 0 Å². The Bertz CT molecular complexity index is 1350. The SMILES string of the molecule is Cc1ccc(C)c([C@@H]2CC(=O)Nc3c2c(C)nn3-c2nncc(-c3ccc(F)cc3)n2)c1. The van der Waals surface area contributed by atoms with E-state index in [2.05, 4.69) is 50.7 Å². The minimum Gasteiger partial charge on any atom is -0.310 e. The maximum atomic E-state index is 13.3. The smallest absolute Gasteiger partial charge is 0.272 e. The topological polar surface area (TPSA) is 85.6 Å². The number of anilines is 1. The van der Waals surface area contributed by atoms with Crippen LogP contribution in [0.4, 0.5) is 10.2 Å². The largest absolute Gasteiger partial charge is 0.310 e. The predicted molar refractivity (Wildman–Crippen MR) is 118 cm³/mol. The molecule has 0 aliphatic carbocycles. The second kappa shape index (κ2) is 7.64. The highest BCUT2D eigenvalue weighted by molar-refractivity contribution is 5.95.